The number of ether oxygens (including phenoxy) is 2. The topological polar surface area (TPSA) is 77.7 Å². The van der Waals surface area contributed by atoms with Crippen LogP contribution in [0.3, 0.4) is 0 Å². The second-order valence-corrected chi connectivity index (χ2v) is 4.69. The van der Waals surface area contributed by atoms with Gasteiger partial charge in [0.05, 0.1) is 31.7 Å². The number of amides is 1. The van der Waals surface area contributed by atoms with Crippen LogP contribution in [0.25, 0.3) is 0 Å². The molecule has 0 atom stereocenters. The summed E-state index contributed by atoms with van der Waals surface area (Å²) in [6.07, 6.45) is 2.89. The molecule has 7 nitrogen and oxygen atoms in total. The second-order valence-electron chi connectivity index (χ2n) is 4.28. The normalized spacial score (nSPS) is 10.7. The van der Waals surface area contributed by atoms with Crippen molar-refractivity contribution in [1.29, 1.82) is 0 Å². The van der Waals surface area contributed by atoms with E-state index in [1.807, 2.05) is 0 Å². The number of hydrogen-bond donors (Lipinski definition) is 1. The molecule has 1 amide bonds. The Balaban J connectivity index is 2.08. The van der Waals surface area contributed by atoms with Gasteiger partial charge in [-0.15, -0.1) is 0 Å². The Morgan fingerprint density at radius 3 is 2.68 bits per heavy atom. The Hall–Kier alpha value is -2.54. The summed E-state index contributed by atoms with van der Waals surface area (Å²) in [5.74, 6) is 0.750. The van der Waals surface area contributed by atoms with Gasteiger partial charge in [-0.05, 0) is 23.8 Å². The van der Waals surface area contributed by atoms with Crippen molar-refractivity contribution in [3.05, 3.63) is 40.7 Å². The SMILES string of the molecule is COc1ccc(/C=N/NC(=O)c2c(Cl)cnn2C)cc1OC. The Bertz CT molecular complexity index is 693. The molecule has 0 unspecified atom stereocenters. The number of nitrogens with one attached hydrogen (secondary N) is 1. The van der Waals surface area contributed by atoms with Gasteiger partial charge in [-0.3, -0.25) is 9.48 Å². The fraction of sp³-hybridized carbons (Fsp3) is 0.214. The standard InChI is InChI=1S/C14H15ClN4O3/c1-19-13(10(15)8-17-19)14(20)18-16-7-9-4-5-11(21-2)12(6-9)22-3/h4-8H,1-3H3,(H,18,20)/b16-7+. The lowest BCUT2D eigenvalue weighted by Gasteiger charge is -2.07. The lowest BCUT2D eigenvalue weighted by Crippen LogP contribution is -2.21. The summed E-state index contributed by atoms with van der Waals surface area (Å²) in [6.45, 7) is 0. The summed E-state index contributed by atoms with van der Waals surface area (Å²) in [4.78, 5) is 11.9. The van der Waals surface area contributed by atoms with E-state index >= 15 is 0 Å². The fourth-order valence-corrected chi connectivity index (χ4v) is 2.07. The number of carbonyl (C=O) groups is 1. The van der Waals surface area contributed by atoms with Gasteiger partial charge in [0.15, 0.2) is 11.5 Å². The molecular formula is C14H15ClN4O3. The fourth-order valence-electron chi connectivity index (χ4n) is 1.82. The molecule has 1 heterocycles. The van der Waals surface area contributed by atoms with Crippen molar-refractivity contribution >= 4 is 23.7 Å². The van der Waals surface area contributed by atoms with E-state index in [1.54, 1.807) is 39.5 Å². The van der Waals surface area contributed by atoms with Crippen LogP contribution in [0.5, 0.6) is 11.5 Å². The summed E-state index contributed by atoms with van der Waals surface area (Å²) in [5, 5.41) is 8.04. The quantitative estimate of drug-likeness (QED) is 0.673. The monoisotopic (exact) mass is 322 g/mol. The maximum atomic E-state index is 11.9. The van der Waals surface area contributed by atoms with E-state index in [0.717, 1.165) is 5.56 Å². The highest BCUT2D eigenvalue weighted by atomic mass is 35.5. The van der Waals surface area contributed by atoms with Crippen LogP contribution >= 0.6 is 11.6 Å². The number of aryl methyl sites for hydroxylation is 1. The Labute approximate surface area is 132 Å². The molecule has 0 aliphatic carbocycles. The molecule has 0 aliphatic heterocycles. The van der Waals surface area contributed by atoms with Gasteiger partial charge in [0.25, 0.3) is 5.91 Å². The highest BCUT2D eigenvalue weighted by molar-refractivity contribution is 6.33. The summed E-state index contributed by atoms with van der Waals surface area (Å²) < 4.78 is 11.7. The molecule has 0 aliphatic rings. The van der Waals surface area contributed by atoms with Gasteiger partial charge < -0.3 is 9.47 Å². The van der Waals surface area contributed by atoms with Crippen LogP contribution in [0.15, 0.2) is 29.5 Å². The van der Waals surface area contributed by atoms with Crippen molar-refractivity contribution in [2.24, 2.45) is 12.1 Å². The van der Waals surface area contributed by atoms with Crippen LogP contribution in [-0.2, 0) is 7.05 Å². The van der Waals surface area contributed by atoms with Gasteiger partial charge >= 0.3 is 0 Å². The van der Waals surface area contributed by atoms with Crippen LogP contribution in [0, 0.1) is 0 Å². The number of halogens is 1. The first kappa shape index (κ1) is 15.8. The van der Waals surface area contributed by atoms with Crippen molar-refractivity contribution in [2.75, 3.05) is 14.2 Å². The Morgan fingerprint density at radius 1 is 1.36 bits per heavy atom. The first-order valence-electron chi connectivity index (χ1n) is 6.29. The van der Waals surface area contributed by atoms with E-state index in [9.17, 15) is 4.79 Å². The average molecular weight is 323 g/mol. The van der Waals surface area contributed by atoms with Gasteiger partial charge in [0.2, 0.25) is 0 Å². The molecule has 2 aromatic rings. The zero-order valence-electron chi connectivity index (χ0n) is 12.3. The molecule has 0 radical (unpaired) electrons. The van der Waals surface area contributed by atoms with Crippen molar-refractivity contribution in [1.82, 2.24) is 15.2 Å². The third kappa shape index (κ3) is 3.37. The third-order valence-corrected chi connectivity index (χ3v) is 3.17. The molecule has 0 bridgehead atoms. The minimum Gasteiger partial charge on any atom is -0.493 e. The number of carbonyl (C=O) groups excluding carboxylic acids is 1. The number of aromatic nitrogens is 2. The number of hydrazone groups is 1. The van der Waals surface area contributed by atoms with Gasteiger partial charge in [-0.25, -0.2) is 5.43 Å². The van der Waals surface area contributed by atoms with Crippen molar-refractivity contribution in [3.63, 3.8) is 0 Å². The van der Waals surface area contributed by atoms with Crippen LogP contribution < -0.4 is 14.9 Å². The zero-order valence-corrected chi connectivity index (χ0v) is 13.1. The smallest absolute Gasteiger partial charge is 0.291 e. The van der Waals surface area contributed by atoms with E-state index in [0.29, 0.717) is 11.5 Å². The summed E-state index contributed by atoms with van der Waals surface area (Å²) in [7, 11) is 4.73. The Kier molecular flexibility index (Phi) is 5.00. The van der Waals surface area contributed by atoms with Crippen molar-refractivity contribution in [3.8, 4) is 11.5 Å². The summed E-state index contributed by atoms with van der Waals surface area (Å²) >= 11 is 5.88. The highest BCUT2D eigenvalue weighted by Crippen LogP contribution is 2.26. The van der Waals surface area contributed by atoms with Crippen molar-refractivity contribution in [2.45, 2.75) is 0 Å². The molecule has 0 fully saturated rings. The minimum atomic E-state index is -0.443. The maximum Gasteiger partial charge on any atom is 0.291 e. The van der Waals surface area contributed by atoms with Crippen LogP contribution in [0.1, 0.15) is 16.1 Å². The molecular weight excluding hydrogens is 308 g/mol. The van der Waals surface area contributed by atoms with Gasteiger partial charge in [-0.1, -0.05) is 11.6 Å². The molecule has 116 valence electrons. The van der Waals surface area contributed by atoms with Crippen LogP contribution in [0.4, 0.5) is 0 Å². The maximum absolute atomic E-state index is 11.9. The molecule has 0 saturated carbocycles. The lowest BCUT2D eigenvalue weighted by atomic mass is 10.2. The highest BCUT2D eigenvalue weighted by Gasteiger charge is 2.14. The molecule has 8 heteroatoms. The molecule has 2 rings (SSSR count). The van der Waals surface area contributed by atoms with Gasteiger partial charge in [-0.2, -0.15) is 10.2 Å². The predicted molar refractivity (Wildman–Crippen MR) is 82.8 cm³/mol. The van der Waals surface area contributed by atoms with Gasteiger partial charge in [0, 0.05) is 7.05 Å². The van der Waals surface area contributed by atoms with E-state index < -0.39 is 5.91 Å². The van der Waals surface area contributed by atoms with E-state index in [1.165, 1.54) is 17.1 Å². The van der Waals surface area contributed by atoms with Crippen molar-refractivity contribution < 1.29 is 14.3 Å². The van der Waals surface area contributed by atoms with Gasteiger partial charge in [0.1, 0.15) is 5.69 Å². The number of hydrogen-bond acceptors (Lipinski definition) is 5. The number of benzene rings is 1. The molecule has 1 aromatic carbocycles. The molecule has 1 N–H and O–H groups in total. The lowest BCUT2D eigenvalue weighted by molar-refractivity contribution is 0.0946. The molecule has 1 aromatic heterocycles. The van der Waals surface area contributed by atoms with Crippen LogP contribution in [-0.4, -0.2) is 36.1 Å². The largest absolute Gasteiger partial charge is 0.493 e. The average Bonchev–Trinajstić information content (AvgIpc) is 2.86. The van der Waals surface area contributed by atoms with E-state index in [4.69, 9.17) is 21.1 Å². The molecule has 22 heavy (non-hydrogen) atoms. The molecule has 0 saturated heterocycles. The number of nitrogens with zero attached hydrogens (tertiary/aromatic N) is 3. The number of rotatable bonds is 5. The zero-order chi connectivity index (χ0) is 16.1. The predicted octanol–water partition coefficient (Wildman–Crippen LogP) is 1.85. The molecule has 0 spiro atoms. The number of methoxy groups -OCH3 is 2. The second kappa shape index (κ2) is 6.95. The summed E-state index contributed by atoms with van der Waals surface area (Å²) in [6, 6.07) is 5.28. The summed E-state index contributed by atoms with van der Waals surface area (Å²) in [5.41, 5.74) is 3.38. The minimum absolute atomic E-state index is 0.242. The van der Waals surface area contributed by atoms with Crippen LogP contribution in [0.2, 0.25) is 5.02 Å². The van der Waals surface area contributed by atoms with E-state index in [-0.39, 0.29) is 10.7 Å². The Morgan fingerprint density at radius 2 is 2.09 bits per heavy atom. The van der Waals surface area contributed by atoms with E-state index in [2.05, 4.69) is 15.6 Å². The first-order valence-corrected chi connectivity index (χ1v) is 6.67. The third-order valence-electron chi connectivity index (χ3n) is 2.90. The first-order chi connectivity index (χ1) is 10.6.